The van der Waals surface area contributed by atoms with Crippen LogP contribution in [0.15, 0.2) is 30.3 Å². The summed E-state index contributed by atoms with van der Waals surface area (Å²) < 4.78 is 0. The maximum atomic E-state index is 11.6. The van der Waals surface area contributed by atoms with Crippen LogP contribution in [0.2, 0.25) is 0 Å². The molecule has 5 heteroatoms. The van der Waals surface area contributed by atoms with Crippen molar-refractivity contribution in [3.05, 3.63) is 35.9 Å². The smallest absolute Gasteiger partial charge is 0.279 e. The average Bonchev–Trinajstić information content (AvgIpc) is 2.48. The molecule has 1 amide bonds. The number of thioether (sulfide) groups is 1. The fraction of sp³-hybridized carbons (Fsp3) is 0.533. The lowest BCUT2D eigenvalue weighted by atomic mass is 10.0. The first kappa shape index (κ1) is 15.4. The molecule has 1 aromatic carbocycles. The first-order valence-corrected chi connectivity index (χ1v) is 8.16. The lowest BCUT2D eigenvalue weighted by molar-refractivity contribution is 0.192. The van der Waals surface area contributed by atoms with Gasteiger partial charge in [0.1, 0.15) is 0 Å². The topological polar surface area (TPSA) is 58.4 Å². The van der Waals surface area contributed by atoms with E-state index in [9.17, 15) is 4.79 Å². The fourth-order valence-corrected chi connectivity index (χ4v) is 2.99. The van der Waals surface area contributed by atoms with Gasteiger partial charge in [0, 0.05) is 38.0 Å². The Labute approximate surface area is 125 Å². The van der Waals surface area contributed by atoms with E-state index in [0.29, 0.717) is 18.3 Å². The molecule has 3 N–H and O–H groups in total. The van der Waals surface area contributed by atoms with Crippen LogP contribution in [0.4, 0.5) is 4.79 Å². The zero-order chi connectivity index (χ0) is 14.2. The number of piperidine rings is 1. The highest BCUT2D eigenvalue weighted by Crippen LogP contribution is 2.15. The Morgan fingerprint density at radius 3 is 2.65 bits per heavy atom. The fourth-order valence-electron chi connectivity index (χ4n) is 2.44. The summed E-state index contributed by atoms with van der Waals surface area (Å²) in [6, 6.07) is 10.9. The predicted molar refractivity (Wildman–Crippen MR) is 84.8 cm³/mol. The van der Waals surface area contributed by atoms with Crippen LogP contribution in [-0.2, 0) is 6.54 Å². The van der Waals surface area contributed by atoms with Gasteiger partial charge in [-0.15, -0.1) is 0 Å². The number of hydrogen-bond acceptors (Lipinski definition) is 4. The SMILES string of the molecule is NCCSC(=O)NC1CCN(Cc2ccccc2)CC1. The summed E-state index contributed by atoms with van der Waals surface area (Å²) in [6.45, 7) is 3.64. The van der Waals surface area contributed by atoms with Crippen LogP contribution >= 0.6 is 11.8 Å². The molecule has 1 aliphatic rings. The lowest BCUT2D eigenvalue weighted by Crippen LogP contribution is -2.43. The van der Waals surface area contributed by atoms with E-state index < -0.39 is 0 Å². The molecular weight excluding hydrogens is 270 g/mol. The first-order chi connectivity index (χ1) is 9.78. The third kappa shape index (κ3) is 5.15. The maximum Gasteiger partial charge on any atom is 0.279 e. The van der Waals surface area contributed by atoms with E-state index in [1.54, 1.807) is 0 Å². The third-order valence-electron chi connectivity index (χ3n) is 3.51. The highest BCUT2D eigenvalue weighted by Gasteiger charge is 2.20. The minimum Gasteiger partial charge on any atom is -0.344 e. The lowest BCUT2D eigenvalue weighted by Gasteiger charge is -2.32. The number of likely N-dealkylation sites (tertiary alicyclic amines) is 1. The number of nitrogens with two attached hydrogens (primary N) is 1. The Morgan fingerprint density at radius 2 is 2.00 bits per heavy atom. The summed E-state index contributed by atoms with van der Waals surface area (Å²) in [5.74, 6) is 0.693. The number of nitrogens with zero attached hydrogens (tertiary/aromatic N) is 1. The number of carbonyl (C=O) groups excluding carboxylic acids is 1. The monoisotopic (exact) mass is 293 g/mol. The van der Waals surface area contributed by atoms with Crippen molar-refractivity contribution in [2.75, 3.05) is 25.4 Å². The van der Waals surface area contributed by atoms with Gasteiger partial charge in [-0.3, -0.25) is 9.69 Å². The molecule has 1 aliphatic heterocycles. The number of benzene rings is 1. The molecule has 0 radical (unpaired) electrons. The normalized spacial score (nSPS) is 17.1. The van der Waals surface area contributed by atoms with Gasteiger partial charge in [0.05, 0.1) is 0 Å². The molecule has 4 nitrogen and oxygen atoms in total. The van der Waals surface area contributed by atoms with Crippen molar-refractivity contribution in [1.82, 2.24) is 10.2 Å². The summed E-state index contributed by atoms with van der Waals surface area (Å²) in [7, 11) is 0. The quantitative estimate of drug-likeness (QED) is 0.872. The number of carbonyl (C=O) groups is 1. The van der Waals surface area contributed by atoms with Gasteiger partial charge in [-0.1, -0.05) is 42.1 Å². The van der Waals surface area contributed by atoms with Gasteiger partial charge in [0.2, 0.25) is 0 Å². The van der Waals surface area contributed by atoms with Crippen molar-refractivity contribution >= 4 is 17.0 Å². The predicted octanol–water partition coefficient (Wildman–Crippen LogP) is 2.05. The second-order valence-corrected chi connectivity index (χ2v) is 6.17. The van der Waals surface area contributed by atoms with E-state index in [1.165, 1.54) is 17.3 Å². The van der Waals surface area contributed by atoms with Gasteiger partial charge >= 0.3 is 0 Å². The average molecular weight is 293 g/mol. The van der Waals surface area contributed by atoms with Gasteiger partial charge in [0.15, 0.2) is 0 Å². The Morgan fingerprint density at radius 1 is 1.30 bits per heavy atom. The molecule has 1 aromatic rings. The standard InChI is InChI=1S/C15H23N3OS/c16-8-11-20-15(19)17-14-6-9-18(10-7-14)12-13-4-2-1-3-5-13/h1-5,14H,6-12,16H2,(H,17,19). The van der Waals surface area contributed by atoms with Crippen LogP contribution in [0.25, 0.3) is 0 Å². The highest BCUT2D eigenvalue weighted by molar-refractivity contribution is 8.13. The molecule has 1 fully saturated rings. The van der Waals surface area contributed by atoms with E-state index >= 15 is 0 Å². The van der Waals surface area contributed by atoms with Gasteiger partial charge in [-0.2, -0.15) is 0 Å². The first-order valence-electron chi connectivity index (χ1n) is 7.17. The molecule has 20 heavy (non-hydrogen) atoms. The second-order valence-electron chi connectivity index (χ2n) is 5.10. The summed E-state index contributed by atoms with van der Waals surface area (Å²) in [6.07, 6.45) is 2.06. The van der Waals surface area contributed by atoms with Crippen molar-refractivity contribution < 1.29 is 4.79 Å². The van der Waals surface area contributed by atoms with E-state index in [1.807, 2.05) is 6.07 Å². The molecule has 0 spiro atoms. The summed E-state index contributed by atoms with van der Waals surface area (Å²) >= 11 is 1.28. The summed E-state index contributed by atoms with van der Waals surface area (Å²) in [4.78, 5) is 14.1. The van der Waals surface area contributed by atoms with Crippen LogP contribution in [0.1, 0.15) is 18.4 Å². The van der Waals surface area contributed by atoms with E-state index in [-0.39, 0.29) is 5.24 Å². The zero-order valence-electron chi connectivity index (χ0n) is 11.8. The summed E-state index contributed by atoms with van der Waals surface area (Å²) in [5.41, 5.74) is 6.75. The van der Waals surface area contributed by atoms with Crippen LogP contribution in [0.5, 0.6) is 0 Å². The van der Waals surface area contributed by atoms with Crippen molar-refractivity contribution in [2.24, 2.45) is 5.73 Å². The van der Waals surface area contributed by atoms with Crippen molar-refractivity contribution in [1.29, 1.82) is 0 Å². The Kier molecular flexibility index (Phi) is 6.36. The van der Waals surface area contributed by atoms with E-state index in [4.69, 9.17) is 5.73 Å². The number of amides is 1. The minimum atomic E-state index is 0.0666. The molecule has 0 aliphatic carbocycles. The minimum absolute atomic E-state index is 0.0666. The Balaban J connectivity index is 1.68. The molecule has 0 unspecified atom stereocenters. The van der Waals surface area contributed by atoms with Gasteiger partial charge in [-0.25, -0.2) is 0 Å². The van der Waals surface area contributed by atoms with Crippen LogP contribution in [-0.4, -0.2) is 41.6 Å². The van der Waals surface area contributed by atoms with Crippen LogP contribution < -0.4 is 11.1 Å². The van der Waals surface area contributed by atoms with Crippen molar-refractivity contribution in [2.45, 2.75) is 25.4 Å². The third-order valence-corrected chi connectivity index (χ3v) is 4.33. The Bertz CT molecular complexity index is 405. The molecule has 0 atom stereocenters. The molecule has 1 saturated heterocycles. The molecule has 2 rings (SSSR count). The maximum absolute atomic E-state index is 11.6. The molecular formula is C15H23N3OS. The largest absolute Gasteiger partial charge is 0.344 e. The molecule has 0 saturated carbocycles. The zero-order valence-corrected chi connectivity index (χ0v) is 12.6. The number of rotatable bonds is 5. The van der Waals surface area contributed by atoms with Gasteiger partial charge in [-0.05, 0) is 18.4 Å². The summed E-state index contributed by atoms with van der Waals surface area (Å²) in [5, 5.41) is 3.15. The molecule has 0 aromatic heterocycles. The van der Waals surface area contributed by atoms with Gasteiger partial charge < -0.3 is 11.1 Å². The van der Waals surface area contributed by atoms with Gasteiger partial charge in [0.25, 0.3) is 5.24 Å². The van der Waals surface area contributed by atoms with Crippen molar-refractivity contribution in [3.63, 3.8) is 0 Å². The molecule has 1 heterocycles. The second kappa shape index (κ2) is 8.29. The van der Waals surface area contributed by atoms with E-state index in [0.717, 1.165) is 32.5 Å². The molecule has 110 valence electrons. The Hall–Kier alpha value is -1.04. The highest BCUT2D eigenvalue weighted by atomic mass is 32.2. The number of nitrogens with one attached hydrogen (secondary N) is 1. The van der Waals surface area contributed by atoms with E-state index in [2.05, 4.69) is 34.5 Å². The number of hydrogen-bond donors (Lipinski definition) is 2. The van der Waals surface area contributed by atoms with Crippen molar-refractivity contribution in [3.8, 4) is 0 Å². The van der Waals surface area contributed by atoms with Crippen LogP contribution in [0, 0.1) is 0 Å². The molecule has 0 bridgehead atoms. The van der Waals surface area contributed by atoms with Crippen LogP contribution in [0.3, 0.4) is 0 Å².